The average molecular weight is 428 g/mol. The number of alkyl halides is 6. The van der Waals surface area contributed by atoms with Crippen molar-refractivity contribution in [1.29, 1.82) is 0 Å². The quantitative estimate of drug-likeness (QED) is 0.373. The normalized spacial score (nSPS) is 35.5. The molecule has 9 heteroatoms. The van der Waals surface area contributed by atoms with Crippen LogP contribution in [0.15, 0.2) is 12.2 Å². The number of hydrogen-bond donors (Lipinski definition) is 1. The highest BCUT2D eigenvalue weighted by Gasteiger charge is 2.76. The summed E-state index contributed by atoms with van der Waals surface area (Å²) in [7, 11) is 0. The number of aliphatic hydroxyl groups is 1. The Morgan fingerprint density at radius 3 is 2.21 bits per heavy atom. The smallest absolute Gasteiger partial charge is 0.430 e. The van der Waals surface area contributed by atoms with Crippen LogP contribution in [-0.2, 0) is 9.53 Å². The molecule has 29 heavy (non-hydrogen) atoms. The van der Waals surface area contributed by atoms with Crippen molar-refractivity contribution in [2.24, 2.45) is 29.1 Å². The van der Waals surface area contributed by atoms with Gasteiger partial charge in [-0.05, 0) is 74.5 Å². The molecule has 0 saturated heterocycles. The van der Waals surface area contributed by atoms with E-state index < -0.39 is 41.9 Å². The third-order valence-electron chi connectivity index (χ3n) is 7.21. The standard InChI is InChI=1S/C20H26F6O3/c1-10(2)16(27)29-15(18(28,19(21,22)23)20(24,25)26)9-17-6-11(3)4-12-5-13(7-17)14(12)8-17/h11-15,28H,1,4-9H2,2-3H3. The van der Waals surface area contributed by atoms with Crippen LogP contribution in [0.5, 0.6) is 0 Å². The zero-order valence-electron chi connectivity index (χ0n) is 16.4. The Bertz CT molecular complexity index is 667. The fourth-order valence-electron chi connectivity index (χ4n) is 6.09. The SMILES string of the molecule is C=C(C)C(=O)OC(CC12CC(C)CC3CC(C1)C3C2)C(O)(C(F)(F)F)C(F)(F)F. The molecule has 6 atom stereocenters. The van der Waals surface area contributed by atoms with E-state index in [0.29, 0.717) is 31.1 Å². The largest absolute Gasteiger partial charge is 0.455 e. The van der Waals surface area contributed by atoms with Crippen molar-refractivity contribution in [3.63, 3.8) is 0 Å². The first-order valence-electron chi connectivity index (χ1n) is 9.82. The van der Waals surface area contributed by atoms with Crippen molar-refractivity contribution in [3.8, 4) is 0 Å². The molecule has 3 aliphatic rings. The fourth-order valence-corrected chi connectivity index (χ4v) is 6.09. The first kappa shape index (κ1) is 22.4. The van der Waals surface area contributed by atoms with E-state index in [1.54, 1.807) is 0 Å². The lowest BCUT2D eigenvalue weighted by Crippen LogP contribution is -2.66. The lowest BCUT2D eigenvalue weighted by Gasteiger charge is -2.44. The zero-order chi connectivity index (χ0) is 22.0. The fraction of sp³-hybridized carbons (Fsp3) is 0.850. The van der Waals surface area contributed by atoms with E-state index in [1.165, 1.54) is 0 Å². The van der Waals surface area contributed by atoms with Crippen LogP contribution < -0.4 is 0 Å². The van der Waals surface area contributed by atoms with Gasteiger partial charge in [0.15, 0.2) is 0 Å². The maximum atomic E-state index is 13.6. The van der Waals surface area contributed by atoms with Crippen LogP contribution in [0.1, 0.15) is 52.4 Å². The Morgan fingerprint density at radius 1 is 1.10 bits per heavy atom. The molecule has 0 aromatic heterocycles. The van der Waals surface area contributed by atoms with Gasteiger partial charge in [0.25, 0.3) is 5.60 Å². The minimum absolute atomic E-state index is 0.147. The summed E-state index contributed by atoms with van der Waals surface area (Å²) in [4.78, 5) is 11.9. The van der Waals surface area contributed by atoms with Crippen molar-refractivity contribution in [1.82, 2.24) is 0 Å². The number of fused-ring (bicyclic) bond motifs is 1. The van der Waals surface area contributed by atoms with Gasteiger partial charge < -0.3 is 9.84 Å². The summed E-state index contributed by atoms with van der Waals surface area (Å²) >= 11 is 0. The number of esters is 1. The number of carbonyl (C=O) groups is 1. The molecular formula is C20H26F6O3. The second-order valence-electron chi connectivity index (χ2n) is 9.51. The van der Waals surface area contributed by atoms with E-state index >= 15 is 0 Å². The van der Waals surface area contributed by atoms with Gasteiger partial charge in [0.1, 0.15) is 6.10 Å². The molecule has 0 heterocycles. The van der Waals surface area contributed by atoms with Gasteiger partial charge in [0.05, 0.1) is 0 Å². The Kier molecular flexibility index (Phi) is 5.33. The third-order valence-corrected chi connectivity index (χ3v) is 7.21. The molecule has 3 nitrogen and oxygen atoms in total. The Balaban J connectivity index is 1.99. The summed E-state index contributed by atoms with van der Waals surface area (Å²) in [5.41, 5.74) is -6.29. The lowest BCUT2D eigenvalue weighted by atomic mass is 9.62. The molecular weight excluding hydrogens is 402 g/mol. The van der Waals surface area contributed by atoms with Crippen molar-refractivity contribution < 1.29 is 41.0 Å². The van der Waals surface area contributed by atoms with Gasteiger partial charge >= 0.3 is 18.3 Å². The lowest BCUT2D eigenvalue weighted by molar-refractivity contribution is -0.393. The number of hydrogen-bond acceptors (Lipinski definition) is 3. The van der Waals surface area contributed by atoms with Crippen molar-refractivity contribution in [2.45, 2.75) is 76.4 Å². The molecule has 3 fully saturated rings. The number of rotatable bonds is 5. The van der Waals surface area contributed by atoms with Gasteiger partial charge in [-0.15, -0.1) is 0 Å². The number of ether oxygens (including phenoxy) is 1. The second-order valence-corrected chi connectivity index (χ2v) is 9.51. The molecule has 0 spiro atoms. The van der Waals surface area contributed by atoms with E-state index in [2.05, 4.69) is 11.3 Å². The van der Waals surface area contributed by atoms with Gasteiger partial charge in [-0.1, -0.05) is 13.5 Å². The van der Waals surface area contributed by atoms with Crippen LogP contribution in [0, 0.1) is 29.1 Å². The molecule has 0 amide bonds. The minimum atomic E-state index is -6.06. The molecule has 166 valence electrons. The summed E-state index contributed by atoms with van der Waals surface area (Å²) in [6.45, 7) is 6.31. The third kappa shape index (κ3) is 3.68. The van der Waals surface area contributed by atoms with Crippen molar-refractivity contribution >= 4 is 5.97 Å². The molecule has 0 aromatic carbocycles. The first-order chi connectivity index (χ1) is 13.1. The first-order valence-corrected chi connectivity index (χ1v) is 9.82. The molecule has 1 N–H and O–H groups in total. The topological polar surface area (TPSA) is 46.5 Å². The average Bonchev–Trinajstić information content (AvgIpc) is 2.74. The number of carbonyl (C=O) groups excluding carboxylic acids is 1. The van der Waals surface area contributed by atoms with Gasteiger partial charge in [0, 0.05) is 5.57 Å². The van der Waals surface area contributed by atoms with Crippen LogP contribution in [0.3, 0.4) is 0 Å². The molecule has 3 aliphatic carbocycles. The summed E-state index contributed by atoms with van der Waals surface area (Å²) < 4.78 is 86.0. The highest BCUT2D eigenvalue weighted by atomic mass is 19.4. The van der Waals surface area contributed by atoms with Gasteiger partial charge in [-0.3, -0.25) is 0 Å². The van der Waals surface area contributed by atoms with Crippen LogP contribution >= 0.6 is 0 Å². The van der Waals surface area contributed by atoms with E-state index in [9.17, 15) is 36.2 Å². The predicted octanol–water partition coefficient (Wildman–Crippen LogP) is 5.18. The maximum absolute atomic E-state index is 13.6. The van der Waals surface area contributed by atoms with Gasteiger partial charge in [0.2, 0.25) is 0 Å². The summed E-state index contributed by atoms with van der Waals surface area (Å²) in [6, 6.07) is 0. The van der Waals surface area contributed by atoms with E-state index in [4.69, 9.17) is 0 Å². The molecule has 0 aliphatic heterocycles. The minimum Gasteiger partial charge on any atom is -0.455 e. The predicted molar refractivity (Wildman–Crippen MR) is 91.5 cm³/mol. The van der Waals surface area contributed by atoms with Crippen LogP contribution in [0.25, 0.3) is 0 Å². The van der Waals surface area contributed by atoms with Crippen LogP contribution in [0.2, 0.25) is 0 Å². The van der Waals surface area contributed by atoms with E-state index in [1.807, 2.05) is 6.92 Å². The molecule has 6 unspecified atom stereocenters. The molecule has 3 rings (SSSR count). The summed E-state index contributed by atoms with van der Waals surface area (Å²) in [5.74, 6) is -0.190. The Hall–Kier alpha value is -1.25. The van der Waals surface area contributed by atoms with E-state index in [0.717, 1.165) is 19.8 Å². The second kappa shape index (κ2) is 6.89. The zero-order valence-corrected chi connectivity index (χ0v) is 16.4. The molecule has 3 saturated carbocycles. The van der Waals surface area contributed by atoms with Gasteiger partial charge in [-0.2, -0.15) is 26.3 Å². The van der Waals surface area contributed by atoms with Crippen molar-refractivity contribution in [2.75, 3.05) is 0 Å². The van der Waals surface area contributed by atoms with E-state index in [-0.39, 0.29) is 17.4 Å². The number of halogens is 6. The Labute approximate surface area is 165 Å². The maximum Gasteiger partial charge on any atom is 0.430 e. The molecule has 0 radical (unpaired) electrons. The monoisotopic (exact) mass is 428 g/mol. The molecule has 0 aromatic rings. The Morgan fingerprint density at radius 2 is 1.69 bits per heavy atom. The highest BCUT2D eigenvalue weighted by Crippen LogP contribution is 2.66. The summed E-state index contributed by atoms with van der Waals surface area (Å²) in [5, 5.41) is 9.98. The highest BCUT2D eigenvalue weighted by molar-refractivity contribution is 5.87. The summed E-state index contributed by atoms with van der Waals surface area (Å²) in [6.07, 6.45) is -12.2. The van der Waals surface area contributed by atoms with Gasteiger partial charge in [-0.25, -0.2) is 4.79 Å². The van der Waals surface area contributed by atoms with Crippen LogP contribution in [0.4, 0.5) is 26.3 Å². The van der Waals surface area contributed by atoms with Crippen molar-refractivity contribution in [3.05, 3.63) is 12.2 Å². The van der Waals surface area contributed by atoms with Crippen LogP contribution in [-0.4, -0.2) is 35.1 Å². The molecule has 2 bridgehead atoms.